The molecular formula is C13H22N2O2S. The van der Waals surface area contributed by atoms with E-state index in [-0.39, 0.29) is 11.8 Å². The summed E-state index contributed by atoms with van der Waals surface area (Å²) in [6.45, 7) is 6.18. The van der Waals surface area contributed by atoms with E-state index in [1.165, 1.54) is 0 Å². The lowest BCUT2D eigenvalue weighted by molar-refractivity contribution is -0.160. The summed E-state index contributed by atoms with van der Waals surface area (Å²) in [6, 6.07) is 0. The van der Waals surface area contributed by atoms with Crippen molar-refractivity contribution in [3.05, 3.63) is 0 Å². The molecule has 1 atom stereocenters. The number of nitrogens with zero attached hydrogens (tertiary/aromatic N) is 1. The standard InChI is InChI=1S/C13H22N2O2S/c1-12(2)10(16)14-13(3,9-5-6-9)11(17)15(12)7-8-18-4/h9H,5-8H2,1-4H3,(H,14,16). The van der Waals surface area contributed by atoms with Crippen molar-refractivity contribution >= 4 is 23.6 Å². The van der Waals surface area contributed by atoms with Crippen LogP contribution in [0.5, 0.6) is 0 Å². The molecule has 0 radical (unpaired) electrons. The second kappa shape index (κ2) is 4.44. The third kappa shape index (κ3) is 2.02. The lowest BCUT2D eigenvalue weighted by Gasteiger charge is -2.49. The maximum Gasteiger partial charge on any atom is 0.249 e. The van der Waals surface area contributed by atoms with Crippen molar-refractivity contribution in [1.29, 1.82) is 0 Å². The Morgan fingerprint density at radius 2 is 1.94 bits per heavy atom. The number of thioether (sulfide) groups is 1. The SMILES string of the molecule is CSCCN1C(=O)C(C)(C2CC2)NC(=O)C1(C)C. The predicted octanol–water partition coefficient (Wildman–Crippen LogP) is 1.26. The van der Waals surface area contributed by atoms with Crippen LogP contribution in [-0.2, 0) is 9.59 Å². The number of nitrogens with one attached hydrogen (secondary N) is 1. The van der Waals surface area contributed by atoms with Crippen LogP contribution in [0, 0.1) is 5.92 Å². The van der Waals surface area contributed by atoms with Crippen molar-refractivity contribution in [2.75, 3.05) is 18.6 Å². The number of rotatable bonds is 4. The highest BCUT2D eigenvalue weighted by molar-refractivity contribution is 7.98. The van der Waals surface area contributed by atoms with Gasteiger partial charge in [-0.1, -0.05) is 0 Å². The lowest BCUT2D eigenvalue weighted by Crippen LogP contribution is -2.74. The van der Waals surface area contributed by atoms with Crippen LogP contribution in [0.1, 0.15) is 33.6 Å². The number of hydrogen-bond donors (Lipinski definition) is 1. The topological polar surface area (TPSA) is 49.4 Å². The minimum Gasteiger partial charge on any atom is -0.340 e. The largest absolute Gasteiger partial charge is 0.340 e. The average molecular weight is 270 g/mol. The van der Waals surface area contributed by atoms with Gasteiger partial charge in [0.1, 0.15) is 11.1 Å². The van der Waals surface area contributed by atoms with Gasteiger partial charge in [-0.15, -0.1) is 0 Å². The van der Waals surface area contributed by atoms with Gasteiger partial charge in [0, 0.05) is 12.3 Å². The Kier molecular flexibility index (Phi) is 3.38. The van der Waals surface area contributed by atoms with Gasteiger partial charge in [0.2, 0.25) is 11.8 Å². The molecule has 2 rings (SSSR count). The number of carbonyl (C=O) groups is 2. The molecule has 2 amide bonds. The van der Waals surface area contributed by atoms with E-state index in [4.69, 9.17) is 0 Å². The molecule has 5 heteroatoms. The number of piperazine rings is 1. The van der Waals surface area contributed by atoms with E-state index < -0.39 is 11.1 Å². The van der Waals surface area contributed by atoms with Gasteiger partial charge in [0.25, 0.3) is 0 Å². The van der Waals surface area contributed by atoms with Gasteiger partial charge in [0.05, 0.1) is 0 Å². The van der Waals surface area contributed by atoms with Crippen LogP contribution < -0.4 is 5.32 Å². The maximum absolute atomic E-state index is 12.7. The van der Waals surface area contributed by atoms with E-state index in [1.807, 2.05) is 27.0 Å². The first kappa shape index (κ1) is 13.7. The fourth-order valence-electron chi connectivity index (χ4n) is 2.60. The Labute approximate surface area is 113 Å². The molecule has 1 saturated carbocycles. The molecule has 0 aromatic carbocycles. The average Bonchev–Trinajstić information content (AvgIpc) is 3.11. The Morgan fingerprint density at radius 1 is 1.33 bits per heavy atom. The quantitative estimate of drug-likeness (QED) is 0.836. The van der Waals surface area contributed by atoms with E-state index in [0.717, 1.165) is 18.6 Å². The number of carbonyl (C=O) groups excluding carboxylic acids is 2. The molecule has 102 valence electrons. The molecule has 0 bridgehead atoms. The van der Waals surface area contributed by atoms with Crippen LogP contribution in [0.4, 0.5) is 0 Å². The summed E-state index contributed by atoms with van der Waals surface area (Å²) in [7, 11) is 0. The molecule has 1 saturated heterocycles. The van der Waals surface area contributed by atoms with Crippen molar-refractivity contribution in [2.24, 2.45) is 5.92 Å². The second-order valence-electron chi connectivity index (χ2n) is 5.94. The van der Waals surface area contributed by atoms with Gasteiger partial charge in [0.15, 0.2) is 0 Å². The summed E-state index contributed by atoms with van der Waals surface area (Å²) >= 11 is 1.70. The molecule has 4 nitrogen and oxygen atoms in total. The van der Waals surface area contributed by atoms with Crippen LogP contribution in [0.2, 0.25) is 0 Å². The van der Waals surface area contributed by atoms with Gasteiger partial charge >= 0.3 is 0 Å². The Morgan fingerprint density at radius 3 is 2.44 bits per heavy atom. The highest BCUT2D eigenvalue weighted by Gasteiger charge is 2.57. The molecule has 1 aliphatic carbocycles. The molecule has 1 heterocycles. The molecule has 0 spiro atoms. The molecule has 2 aliphatic rings. The van der Waals surface area contributed by atoms with E-state index in [2.05, 4.69) is 5.32 Å². The fourth-order valence-corrected chi connectivity index (χ4v) is 2.97. The smallest absolute Gasteiger partial charge is 0.249 e. The molecular weight excluding hydrogens is 248 g/mol. The normalized spacial score (nSPS) is 31.4. The minimum absolute atomic E-state index is 0.0300. The van der Waals surface area contributed by atoms with E-state index in [9.17, 15) is 9.59 Å². The van der Waals surface area contributed by atoms with E-state index in [0.29, 0.717) is 12.5 Å². The summed E-state index contributed by atoms with van der Waals surface area (Å²) in [6.07, 6.45) is 4.10. The van der Waals surface area contributed by atoms with Gasteiger partial charge < -0.3 is 10.2 Å². The van der Waals surface area contributed by atoms with Crippen LogP contribution >= 0.6 is 11.8 Å². The zero-order chi connectivity index (χ0) is 13.6. The Bertz CT molecular complexity index is 379. The number of hydrogen-bond acceptors (Lipinski definition) is 3. The first-order valence-corrected chi connectivity index (χ1v) is 7.87. The molecule has 0 aromatic rings. The summed E-state index contributed by atoms with van der Waals surface area (Å²) in [5.74, 6) is 1.24. The predicted molar refractivity (Wildman–Crippen MR) is 73.4 cm³/mol. The number of amides is 2. The molecule has 0 aromatic heterocycles. The van der Waals surface area contributed by atoms with Gasteiger partial charge in [-0.25, -0.2) is 0 Å². The highest BCUT2D eigenvalue weighted by atomic mass is 32.2. The lowest BCUT2D eigenvalue weighted by atomic mass is 9.85. The van der Waals surface area contributed by atoms with Gasteiger partial charge in [-0.05, 0) is 45.8 Å². The Hall–Kier alpha value is -0.710. The molecule has 2 fully saturated rings. The van der Waals surface area contributed by atoms with Crippen molar-refractivity contribution in [3.63, 3.8) is 0 Å². The van der Waals surface area contributed by atoms with Crippen molar-refractivity contribution in [3.8, 4) is 0 Å². The highest BCUT2D eigenvalue weighted by Crippen LogP contribution is 2.43. The summed E-state index contributed by atoms with van der Waals surface area (Å²) in [5.41, 5.74) is -1.41. The van der Waals surface area contributed by atoms with Crippen molar-refractivity contribution in [1.82, 2.24) is 10.2 Å². The molecule has 1 N–H and O–H groups in total. The van der Waals surface area contributed by atoms with E-state index >= 15 is 0 Å². The molecule has 1 unspecified atom stereocenters. The van der Waals surface area contributed by atoms with Crippen LogP contribution in [0.15, 0.2) is 0 Å². The second-order valence-corrected chi connectivity index (χ2v) is 6.92. The van der Waals surface area contributed by atoms with Gasteiger partial charge in [-0.3, -0.25) is 9.59 Å². The van der Waals surface area contributed by atoms with Crippen molar-refractivity contribution in [2.45, 2.75) is 44.7 Å². The fraction of sp³-hybridized carbons (Fsp3) is 0.846. The van der Waals surface area contributed by atoms with Gasteiger partial charge in [-0.2, -0.15) is 11.8 Å². The van der Waals surface area contributed by atoms with Crippen molar-refractivity contribution < 1.29 is 9.59 Å². The molecule has 1 aliphatic heterocycles. The Balaban J connectivity index is 2.27. The monoisotopic (exact) mass is 270 g/mol. The summed E-state index contributed by atoms with van der Waals surface area (Å²) in [5, 5.41) is 2.96. The third-order valence-corrected chi connectivity index (χ3v) is 4.80. The maximum atomic E-state index is 12.7. The third-order valence-electron chi connectivity index (χ3n) is 4.21. The zero-order valence-electron chi connectivity index (χ0n) is 11.6. The zero-order valence-corrected chi connectivity index (χ0v) is 12.4. The van der Waals surface area contributed by atoms with Crippen LogP contribution in [0.3, 0.4) is 0 Å². The first-order chi connectivity index (χ1) is 8.34. The minimum atomic E-state index is -0.735. The summed E-state index contributed by atoms with van der Waals surface area (Å²) < 4.78 is 0. The van der Waals surface area contributed by atoms with Crippen LogP contribution in [-0.4, -0.2) is 46.3 Å². The molecule has 18 heavy (non-hydrogen) atoms. The van der Waals surface area contributed by atoms with E-state index in [1.54, 1.807) is 16.7 Å². The summed E-state index contributed by atoms with van der Waals surface area (Å²) in [4.78, 5) is 26.7. The van der Waals surface area contributed by atoms with Crippen LogP contribution in [0.25, 0.3) is 0 Å². The first-order valence-electron chi connectivity index (χ1n) is 6.47.